The van der Waals surface area contributed by atoms with Crippen LogP contribution in [0.1, 0.15) is 16.7 Å². The number of hydrogen-bond acceptors (Lipinski definition) is 5. The molecule has 1 aliphatic rings. The lowest BCUT2D eigenvalue weighted by molar-refractivity contribution is -0.123. The standard InChI is InChI=1S/C25H19BrFNO4S/c1-31-22-12-17(8-11-21(22)32-15-16-6-9-19(26)10-7-16)13-23-24(29)28(25(30)33-23)14-18-4-2-3-5-20(18)27/h2-13H,14-15H2,1H3/b23-13-. The van der Waals surface area contributed by atoms with Gasteiger partial charge < -0.3 is 9.47 Å². The van der Waals surface area contributed by atoms with E-state index in [1.807, 2.05) is 24.3 Å². The minimum absolute atomic E-state index is 0.110. The molecule has 0 saturated carbocycles. The van der Waals surface area contributed by atoms with Gasteiger partial charge in [-0.05, 0) is 59.3 Å². The van der Waals surface area contributed by atoms with E-state index in [1.165, 1.54) is 13.2 Å². The van der Waals surface area contributed by atoms with E-state index in [1.54, 1.807) is 42.5 Å². The average molecular weight is 528 g/mol. The van der Waals surface area contributed by atoms with Gasteiger partial charge in [0.15, 0.2) is 11.5 Å². The van der Waals surface area contributed by atoms with Crippen LogP contribution in [0.5, 0.6) is 11.5 Å². The van der Waals surface area contributed by atoms with Crippen LogP contribution in [0.3, 0.4) is 0 Å². The number of nitrogens with zero attached hydrogens (tertiary/aromatic N) is 1. The highest BCUT2D eigenvalue weighted by Gasteiger charge is 2.35. The summed E-state index contributed by atoms with van der Waals surface area (Å²) in [4.78, 5) is 26.5. The maximum absolute atomic E-state index is 14.0. The third-order valence-corrected chi connectivity index (χ3v) is 6.39. The summed E-state index contributed by atoms with van der Waals surface area (Å²) < 4.78 is 26.3. The van der Waals surface area contributed by atoms with Crippen molar-refractivity contribution in [3.8, 4) is 11.5 Å². The van der Waals surface area contributed by atoms with Gasteiger partial charge in [-0.1, -0.05) is 52.3 Å². The molecule has 0 spiro atoms. The Morgan fingerprint density at radius 2 is 1.79 bits per heavy atom. The Balaban J connectivity index is 1.49. The van der Waals surface area contributed by atoms with Crippen LogP contribution in [0.15, 0.2) is 76.1 Å². The molecule has 2 amide bonds. The first-order valence-electron chi connectivity index (χ1n) is 9.98. The van der Waals surface area contributed by atoms with Gasteiger partial charge in [0.2, 0.25) is 0 Å². The second kappa shape index (κ2) is 10.2. The molecule has 33 heavy (non-hydrogen) atoms. The molecule has 0 bridgehead atoms. The summed E-state index contributed by atoms with van der Waals surface area (Å²) >= 11 is 4.23. The number of benzene rings is 3. The maximum atomic E-state index is 14.0. The first-order valence-corrected chi connectivity index (χ1v) is 11.6. The molecule has 4 rings (SSSR count). The van der Waals surface area contributed by atoms with Crippen LogP contribution in [0.2, 0.25) is 0 Å². The predicted octanol–water partition coefficient (Wildman–Crippen LogP) is 6.41. The number of ether oxygens (including phenoxy) is 2. The van der Waals surface area contributed by atoms with Crippen LogP contribution in [-0.2, 0) is 17.9 Å². The monoisotopic (exact) mass is 527 g/mol. The van der Waals surface area contributed by atoms with Crippen molar-refractivity contribution in [2.24, 2.45) is 0 Å². The van der Waals surface area contributed by atoms with Crippen molar-refractivity contribution in [3.05, 3.63) is 98.6 Å². The van der Waals surface area contributed by atoms with E-state index < -0.39 is 17.0 Å². The fourth-order valence-electron chi connectivity index (χ4n) is 3.22. The SMILES string of the molecule is COc1cc(/C=C2\SC(=O)N(Cc3ccccc3F)C2=O)ccc1OCc1ccc(Br)cc1. The second-order valence-corrected chi connectivity index (χ2v) is 9.09. The lowest BCUT2D eigenvalue weighted by atomic mass is 10.1. The molecule has 3 aromatic rings. The van der Waals surface area contributed by atoms with Crippen molar-refractivity contribution in [1.29, 1.82) is 0 Å². The Morgan fingerprint density at radius 1 is 1.03 bits per heavy atom. The van der Waals surface area contributed by atoms with Gasteiger partial charge in [-0.15, -0.1) is 0 Å². The highest BCUT2D eigenvalue weighted by atomic mass is 79.9. The number of amides is 2. The van der Waals surface area contributed by atoms with Gasteiger partial charge in [0.1, 0.15) is 12.4 Å². The van der Waals surface area contributed by atoms with Gasteiger partial charge in [0.05, 0.1) is 18.6 Å². The Morgan fingerprint density at radius 3 is 2.52 bits per heavy atom. The minimum atomic E-state index is -0.456. The smallest absolute Gasteiger partial charge is 0.293 e. The Labute approximate surface area is 203 Å². The Hall–Kier alpha value is -3.10. The molecule has 168 valence electrons. The molecule has 1 heterocycles. The molecule has 0 aliphatic carbocycles. The van der Waals surface area contributed by atoms with Crippen molar-refractivity contribution in [3.63, 3.8) is 0 Å². The zero-order valence-electron chi connectivity index (χ0n) is 17.6. The quantitative estimate of drug-likeness (QED) is 0.332. The lowest BCUT2D eigenvalue weighted by Crippen LogP contribution is -2.27. The van der Waals surface area contributed by atoms with Crippen LogP contribution in [0.4, 0.5) is 9.18 Å². The highest BCUT2D eigenvalue weighted by Crippen LogP contribution is 2.35. The lowest BCUT2D eigenvalue weighted by Gasteiger charge is -2.13. The number of rotatable bonds is 7. The first-order chi connectivity index (χ1) is 15.9. The van der Waals surface area contributed by atoms with Crippen molar-refractivity contribution in [2.75, 3.05) is 7.11 Å². The molecule has 5 nitrogen and oxygen atoms in total. The predicted molar refractivity (Wildman–Crippen MR) is 129 cm³/mol. The molecular formula is C25H19BrFNO4S. The molecule has 1 fully saturated rings. The normalized spacial score (nSPS) is 14.8. The van der Waals surface area contributed by atoms with Crippen LogP contribution >= 0.6 is 27.7 Å². The van der Waals surface area contributed by atoms with E-state index in [0.717, 1.165) is 26.7 Å². The van der Waals surface area contributed by atoms with Gasteiger partial charge in [-0.3, -0.25) is 14.5 Å². The summed E-state index contributed by atoms with van der Waals surface area (Å²) in [6.07, 6.45) is 1.62. The largest absolute Gasteiger partial charge is 0.493 e. The van der Waals surface area contributed by atoms with Crippen molar-refractivity contribution in [2.45, 2.75) is 13.2 Å². The van der Waals surface area contributed by atoms with E-state index in [2.05, 4.69) is 15.9 Å². The number of methoxy groups -OCH3 is 1. The van der Waals surface area contributed by atoms with Gasteiger partial charge in [0.25, 0.3) is 11.1 Å². The first kappa shape index (κ1) is 23.1. The fraction of sp³-hybridized carbons (Fsp3) is 0.120. The van der Waals surface area contributed by atoms with Crippen molar-refractivity contribution in [1.82, 2.24) is 4.90 Å². The fourth-order valence-corrected chi connectivity index (χ4v) is 4.32. The average Bonchev–Trinajstić information content (AvgIpc) is 3.07. The van der Waals surface area contributed by atoms with Crippen molar-refractivity contribution >= 4 is 44.9 Å². The van der Waals surface area contributed by atoms with Gasteiger partial charge in [0, 0.05) is 10.0 Å². The summed E-state index contributed by atoms with van der Waals surface area (Å²) in [5.41, 5.74) is 1.97. The number of thioether (sulfide) groups is 1. The number of hydrogen-bond donors (Lipinski definition) is 0. The van der Waals surface area contributed by atoms with E-state index >= 15 is 0 Å². The molecule has 1 saturated heterocycles. The van der Waals surface area contributed by atoms with Gasteiger partial charge in [-0.2, -0.15) is 0 Å². The minimum Gasteiger partial charge on any atom is -0.493 e. The maximum Gasteiger partial charge on any atom is 0.293 e. The summed E-state index contributed by atoms with van der Waals surface area (Å²) in [6.45, 7) is 0.263. The van der Waals surface area contributed by atoms with E-state index in [-0.39, 0.29) is 17.0 Å². The van der Waals surface area contributed by atoms with Crippen molar-refractivity contribution < 1.29 is 23.5 Å². The molecular weight excluding hydrogens is 509 g/mol. The molecule has 0 aromatic heterocycles. The molecule has 0 N–H and O–H groups in total. The molecule has 3 aromatic carbocycles. The Bertz CT molecular complexity index is 1230. The van der Waals surface area contributed by atoms with Crippen LogP contribution < -0.4 is 9.47 Å². The number of carbonyl (C=O) groups excluding carboxylic acids is 2. The zero-order valence-corrected chi connectivity index (χ0v) is 20.0. The molecule has 1 aliphatic heterocycles. The van der Waals surface area contributed by atoms with Crippen LogP contribution in [-0.4, -0.2) is 23.2 Å². The Kier molecular flexibility index (Phi) is 7.15. The van der Waals surface area contributed by atoms with Crippen LogP contribution in [0.25, 0.3) is 6.08 Å². The summed E-state index contributed by atoms with van der Waals surface area (Å²) in [7, 11) is 1.54. The summed E-state index contributed by atoms with van der Waals surface area (Å²) in [6, 6.07) is 19.2. The molecule has 8 heteroatoms. The topological polar surface area (TPSA) is 55.8 Å². The van der Waals surface area contributed by atoms with E-state index in [0.29, 0.717) is 23.7 Å². The summed E-state index contributed by atoms with van der Waals surface area (Å²) in [5, 5.41) is -0.434. The summed E-state index contributed by atoms with van der Waals surface area (Å²) in [5.74, 6) is 0.156. The van der Waals surface area contributed by atoms with Crippen LogP contribution in [0, 0.1) is 5.82 Å². The second-order valence-electron chi connectivity index (χ2n) is 7.18. The number of halogens is 2. The van der Waals surface area contributed by atoms with Gasteiger partial charge in [-0.25, -0.2) is 4.39 Å². The van der Waals surface area contributed by atoms with E-state index in [4.69, 9.17) is 9.47 Å². The number of imide groups is 1. The highest BCUT2D eigenvalue weighted by molar-refractivity contribution is 9.10. The molecule has 0 atom stereocenters. The molecule has 0 unspecified atom stereocenters. The zero-order chi connectivity index (χ0) is 23.4. The third-order valence-electron chi connectivity index (χ3n) is 4.95. The third kappa shape index (κ3) is 5.46. The number of carbonyl (C=O) groups is 2. The molecule has 0 radical (unpaired) electrons. The van der Waals surface area contributed by atoms with E-state index in [9.17, 15) is 14.0 Å². The van der Waals surface area contributed by atoms with Gasteiger partial charge >= 0.3 is 0 Å².